The third kappa shape index (κ3) is 5.53. The Morgan fingerprint density at radius 2 is 0.684 bits per heavy atom. The molecule has 10 heteroatoms. The van der Waals surface area contributed by atoms with Crippen molar-refractivity contribution in [3.8, 4) is 33.4 Å². The first-order valence-electron chi connectivity index (χ1n) is 19.9. The predicted octanol–water partition coefficient (Wildman–Crippen LogP) is 7.41. The van der Waals surface area contributed by atoms with E-state index in [9.17, 15) is 16.8 Å². The lowest BCUT2D eigenvalue weighted by molar-refractivity contribution is 0.158. The molecule has 0 spiro atoms. The normalized spacial score (nSPS) is 18.8. The lowest BCUT2D eigenvalue weighted by atomic mass is 10.0. The molecule has 0 N–H and O–H groups in total. The SMILES string of the molecule is O=S(=O)(c1ccc2c(c1)Cc1cc(S(=O)(=O)N3CCN(C4c5ccccc5-c5ccccc54)CC3)ccc1-2)N1CCN(C2c3ccccc3-c3ccccc32)CC1. The van der Waals surface area contributed by atoms with Crippen molar-refractivity contribution in [1.29, 1.82) is 0 Å². The van der Waals surface area contributed by atoms with Crippen LogP contribution in [0.25, 0.3) is 33.4 Å². The van der Waals surface area contributed by atoms with Gasteiger partial charge in [-0.1, -0.05) is 109 Å². The molecule has 5 aliphatic rings. The molecule has 6 aromatic rings. The van der Waals surface area contributed by atoms with Crippen molar-refractivity contribution in [1.82, 2.24) is 18.4 Å². The first-order valence-corrected chi connectivity index (χ1v) is 22.8. The third-order valence-corrected chi connectivity index (χ3v) is 16.8. The Balaban J connectivity index is 0.774. The molecule has 3 aliphatic carbocycles. The summed E-state index contributed by atoms with van der Waals surface area (Å²) < 4.78 is 59.6. The van der Waals surface area contributed by atoms with Crippen LogP contribution < -0.4 is 0 Å². The van der Waals surface area contributed by atoms with Gasteiger partial charge in [-0.2, -0.15) is 8.61 Å². The van der Waals surface area contributed by atoms with Gasteiger partial charge >= 0.3 is 0 Å². The number of rotatable bonds is 6. The van der Waals surface area contributed by atoms with E-state index < -0.39 is 20.0 Å². The molecule has 2 fully saturated rings. The number of hydrogen-bond donors (Lipinski definition) is 0. The summed E-state index contributed by atoms with van der Waals surface area (Å²) in [5.41, 5.74) is 13.9. The molecule has 0 unspecified atom stereocenters. The molecule has 2 heterocycles. The summed E-state index contributed by atoms with van der Waals surface area (Å²) >= 11 is 0. The Morgan fingerprint density at radius 1 is 0.368 bits per heavy atom. The molecule has 11 rings (SSSR count). The molecular weight excluding hydrogens is 749 g/mol. The number of hydrogen-bond acceptors (Lipinski definition) is 6. The Morgan fingerprint density at radius 3 is 1.02 bits per heavy atom. The van der Waals surface area contributed by atoms with Crippen LogP contribution in [0.2, 0.25) is 0 Å². The number of sulfonamides is 2. The monoisotopic (exact) mass is 790 g/mol. The number of benzene rings is 6. The van der Waals surface area contributed by atoms with Crippen molar-refractivity contribution >= 4 is 20.0 Å². The van der Waals surface area contributed by atoms with E-state index in [2.05, 4.69) is 107 Å². The van der Waals surface area contributed by atoms with Gasteiger partial charge in [0.25, 0.3) is 0 Å². The lowest BCUT2D eigenvalue weighted by Gasteiger charge is -2.38. The molecule has 0 atom stereocenters. The third-order valence-electron chi connectivity index (χ3n) is 13.0. The highest BCUT2D eigenvalue weighted by molar-refractivity contribution is 7.89. The topological polar surface area (TPSA) is 81.2 Å². The molecule has 8 nitrogen and oxygen atoms in total. The van der Waals surface area contributed by atoms with E-state index in [1.807, 2.05) is 12.1 Å². The van der Waals surface area contributed by atoms with E-state index in [-0.39, 0.29) is 21.9 Å². The first kappa shape index (κ1) is 35.2. The van der Waals surface area contributed by atoms with Crippen LogP contribution in [0, 0.1) is 0 Å². The largest absolute Gasteiger partial charge is 0.290 e. The molecule has 57 heavy (non-hydrogen) atoms. The highest BCUT2D eigenvalue weighted by atomic mass is 32.2. The first-order chi connectivity index (χ1) is 27.8. The highest BCUT2D eigenvalue weighted by Gasteiger charge is 2.39. The molecule has 0 amide bonds. The fourth-order valence-electron chi connectivity index (χ4n) is 10.2. The summed E-state index contributed by atoms with van der Waals surface area (Å²) in [6.07, 6.45) is 0.486. The second kappa shape index (κ2) is 13.3. The number of piperazine rings is 2. The minimum atomic E-state index is -3.73. The van der Waals surface area contributed by atoms with Gasteiger partial charge in [-0.05, 0) is 97.4 Å². The Labute approximate surface area is 334 Å². The molecule has 286 valence electrons. The van der Waals surface area contributed by atoms with Crippen molar-refractivity contribution < 1.29 is 16.8 Å². The molecule has 0 aromatic heterocycles. The van der Waals surface area contributed by atoms with Crippen LogP contribution in [-0.4, -0.2) is 87.6 Å². The van der Waals surface area contributed by atoms with Gasteiger partial charge in [-0.3, -0.25) is 9.80 Å². The zero-order chi connectivity index (χ0) is 38.5. The zero-order valence-electron chi connectivity index (χ0n) is 31.5. The van der Waals surface area contributed by atoms with E-state index in [1.54, 1.807) is 32.9 Å². The van der Waals surface area contributed by atoms with Gasteiger partial charge < -0.3 is 0 Å². The Bertz CT molecular complexity index is 2540. The quantitative estimate of drug-likeness (QED) is 0.175. The fourth-order valence-corrected chi connectivity index (χ4v) is 13.2. The van der Waals surface area contributed by atoms with Gasteiger partial charge in [0.05, 0.1) is 21.9 Å². The van der Waals surface area contributed by atoms with Gasteiger partial charge in [0.15, 0.2) is 0 Å². The second-order valence-electron chi connectivity index (χ2n) is 15.8. The lowest BCUT2D eigenvalue weighted by Crippen LogP contribution is -2.49. The minimum absolute atomic E-state index is 0.118. The summed E-state index contributed by atoms with van der Waals surface area (Å²) in [5, 5.41) is 0. The predicted molar refractivity (Wildman–Crippen MR) is 223 cm³/mol. The summed E-state index contributed by atoms with van der Waals surface area (Å²) in [6, 6.07) is 45.2. The standard InChI is InChI=1S/C47H42N4O4S2/c52-56(53,50-25-21-48(22-26-50)46-42-13-5-1-9-38(42)39-10-2-6-14-43(39)46)34-17-19-36-32(30-34)29-33-31-35(18-20-37(33)36)57(54,55)51-27-23-49(24-28-51)47-44-15-7-3-11-40(44)41-12-4-8-16-45(41)47/h1-20,30-31,46-47H,21-29H2. The van der Waals surface area contributed by atoms with Crippen LogP contribution in [0.4, 0.5) is 0 Å². The van der Waals surface area contributed by atoms with Crippen LogP contribution >= 0.6 is 0 Å². The molecule has 2 aliphatic heterocycles. The highest BCUT2D eigenvalue weighted by Crippen LogP contribution is 2.48. The maximum absolute atomic E-state index is 14.1. The van der Waals surface area contributed by atoms with Crippen LogP contribution in [0.15, 0.2) is 143 Å². The maximum atomic E-state index is 14.1. The van der Waals surface area contributed by atoms with Crippen LogP contribution in [0.1, 0.15) is 45.5 Å². The van der Waals surface area contributed by atoms with E-state index in [1.165, 1.54) is 44.5 Å². The van der Waals surface area contributed by atoms with Crippen molar-refractivity contribution in [2.24, 2.45) is 0 Å². The van der Waals surface area contributed by atoms with Gasteiger partial charge in [-0.25, -0.2) is 16.8 Å². The van der Waals surface area contributed by atoms with Crippen molar-refractivity contribution in [3.05, 3.63) is 167 Å². The summed E-state index contributed by atoms with van der Waals surface area (Å²) in [6.45, 7) is 4.20. The Kier molecular flexibility index (Phi) is 8.23. The summed E-state index contributed by atoms with van der Waals surface area (Å²) in [7, 11) is -7.46. The number of nitrogens with zero attached hydrogens (tertiary/aromatic N) is 4. The zero-order valence-corrected chi connectivity index (χ0v) is 33.1. The van der Waals surface area contributed by atoms with Crippen LogP contribution in [-0.2, 0) is 26.5 Å². The average molecular weight is 791 g/mol. The van der Waals surface area contributed by atoms with E-state index in [0.717, 1.165) is 22.3 Å². The molecule has 0 bridgehead atoms. The molecular formula is C47H42N4O4S2. The van der Waals surface area contributed by atoms with Crippen LogP contribution in [0.3, 0.4) is 0 Å². The Hall–Kier alpha value is -4.94. The van der Waals surface area contributed by atoms with Crippen LogP contribution in [0.5, 0.6) is 0 Å². The van der Waals surface area contributed by atoms with Gasteiger partial charge in [-0.15, -0.1) is 0 Å². The van der Waals surface area contributed by atoms with Crippen molar-refractivity contribution in [2.75, 3.05) is 52.4 Å². The van der Waals surface area contributed by atoms with Gasteiger partial charge in [0, 0.05) is 52.4 Å². The van der Waals surface area contributed by atoms with Crippen molar-refractivity contribution in [3.63, 3.8) is 0 Å². The van der Waals surface area contributed by atoms with E-state index >= 15 is 0 Å². The second-order valence-corrected chi connectivity index (χ2v) is 19.7. The molecule has 0 saturated carbocycles. The number of fused-ring (bicyclic) bond motifs is 9. The average Bonchev–Trinajstić information content (AvgIpc) is 3.91. The summed E-state index contributed by atoms with van der Waals surface area (Å²) in [5.74, 6) is 0. The molecule has 2 saturated heterocycles. The van der Waals surface area contributed by atoms with Crippen molar-refractivity contribution in [2.45, 2.75) is 28.3 Å². The van der Waals surface area contributed by atoms with E-state index in [0.29, 0.717) is 58.8 Å². The van der Waals surface area contributed by atoms with Gasteiger partial charge in [0.2, 0.25) is 20.0 Å². The molecule has 6 aromatic carbocycles. The summed E-state index contributed by atoms with van der Waals surface area (Å²) in [4.78, 5) is 5.40. The smallest absolute Gasteiger partial charge is 0.243 e. The fraction of sp³-hybridized carbons (Fsp3) is 0.234. The maximum Gasteiger partial charge on any atom is 0.243 e. The van der Waals surface area contributed by atoms with Gasteiger partial charge in [0.1, 0.15) is 0 Å². The molecule has 0 radical (unpaired) electrons. The minimum Gasteiger partial charge on any atom is -0.290 e. The van der Waals surface area contributed by atoms with E-state index in [4.69, 9.17) is 0 Å².